The van der Waals surface area contributed by atoms with E-state index in [0.717, 1.165) is 30.0 Å². The fraction of sp³-hybridized carbons (Fsp3) is 0.409. The van der Waals surface area contributed by atoms with Gasteiger partial charge < -0.3 is 9.64 Å². The predicted molar refractivity (Wildman–Crippen MR) is 104 cm³/mol. The molecule has 2 aromatic carbocycles. The van der Waals surface area contributed by atoms with Gasteiger partial charge in [0.05, 0.1) is 6.54 Å². The van der Waals surface area contributed by atoms with Crippen molar-refractivity contribution in [2.45, 2.75) is 39.4 Å². The van der Waals surface area contributed by atoms with Crippen LogP contribution in [0.4, 0.5) is 0 Å². The summed E-state index contributed by atoms with van der Waals surface area (Å²) >= 11 is 0. The predicted octanol–water partition coefficient (Wildman–Crippen LogP) is 3.71. The normalized spacial score (nSPS) is 14.9. The molecular weight excluding hydrogens is 324 g/mol. The first-order chi connectivity index (χ1) is 12.4. The molecule has 0 aliphatic carbocycles. The smallest absolute Gasteiger partial charge is 0.237 e. The van der Waals surface area contributed by atoms with E-state index in [1.807, 2.05) is 41.3 Å². The van der Waals surface area contributed by atoms with Gasteiger partial charge in [-0.3, -0.25) is 9.69 Å². The van der Waals surface area contributed by atoms with Gasteiger partial charge in [0.15, 0.2) is 0 Å². The van der Waals surface area contributed by atoms with Crippen molar-refractivity contribution in [3.8, 4) is 5.75 Å². The summed E-state index contributed by atoms with van der Waals surface area (Å²) in [5, 5.41) is 0. The van der Waals surface area contributed by atoms with Gasteiger partial charge in [-0.1, -0.05) is 48.5 Å². The lowest BCUT2D eigenvalue weighted by Crippen LogP contribution is -2.49. The van der Waals surface area contributed by atoms with E-state index < -0.39 is 0 Å². The zero-order valence-corrected chi connectivity index (χ0v) is 15.9. The molecule has 1 aliphatic heterocycles. The number of para-hydroxylation sites is 1. The number of ether oxygens (including phenoxy) is 1. The van der Waals surface area contributed by atoms with Crippen LogP contribution in [0.3, 0.4) is 0 Å². The lowest BCUT2D eigenvalue weighted by Gasteiger charge is -2.37. The van der Waals surface area contributed by atoms with Crippen LogP contribution >= 0.6 is 0 Å². The molecule has 3 rings (SSSR count). The van der Waals surface area contributed by atoms with Gasteiger partial charge in [-0.05, 0) is 32.4 Å². The van der Waals surface area contributed by atoms with E-state index >= 15 is 0 Å². The highest BCUT2D eigenvalue weighted by Gasteiger charge is 2.28. The topological polar surface area (TPSA) is 32.8 Å². The first-order valence-corrected chi connectivity index (χ1v) is 9.21. The maximum Gasteiger partial charge on any atom is 0.237 e. The number of hydrogen-bond donors (Lipinski definition) is 0. The number of fused-ring (bicyclic) bond motifs is 1. The molecule has 4 nitrogen and oxygen atoms in total. The Balaban J connectivity index is 1.71. The summed E-state index contributed by atoms with van der Waals surface area (Å²) in [6.07, 6.45) is 0. The first kappa shape index (κ1) is 18.5. The minimum absolute atomic E-state index is 0.153. The van der Waals surface area contributed by atoms with E-state index in [-0.39, 0.29) is 11.4 Å². The highest BCUT2D eigenvalue weighted by atomic mass is 16.5. The Kier molecular flexibility index (Phi) is 5.62. The minimum Gasteiger partial charge on any atom is -0.492 e. The molecule has 26 heavy (non-hydrogen) atoms. The van der Waals surface area contributed by atoms with Crippen molar-refractivity contribution >= 4 is 5.91 Å². The summed E-state index contributed by atoms with van der Waals surface area (Å²) in [7, 11) is 0. The molecule has 0 bridgehead atoms. The zero-order valence-electron chi connectivity index (χ0n) is 15.9. The molecule has 0 atom stereocenters. The molecule has 1 heterocycles. The Hall–Kier alpha value is -2.33. The van der Waals surface area contributed by atoms with Crippen LogP contribution in [-0.2, 0) is 17.9 Å². The molecule has 0 unspecified atom stereocenters. The van der Waals surface area contributed by atoms with Crippen molar-refractivity contribution in [3.05, 3.63) is 65.7 Å². The number of rotatable bonds is 4. The number of nitrogens with zero attached hydrogens (tertiary/aromatic N) is 2. The molecule has 0 saturated heterocycles. The monoisotopic (exact) mass is 352 g/mol. The molecule has 0 radical (unpaired) electrons. The molecule has 1 aliphatic rings. The molecule has 0 fully saturated rings. The SMILES string of the molecule is CC(C)(C)N(Cc1ccccc1)C(=O)CN1CCOc2ccccc2C1. The van der Waals surface area contributed by atoms with Crippen LogP contribution in [0.5, 0.6) is 5.75 Å². The third-order valence-electron chi connectivity index (χ3n) is 4.68. The van der Waals surface area contributed by atoms with Crippen molar-refractivity contribution in [1.82, 2.24) is 9.80 Å². The zero-order chi connectivity index (χ0) is 18.6. The summed E-state index contributed by atoms with van der Waals surface area (Å²) in [4.78, 5) is 17.3. The van der Waals surface area contributed by atoms with Crippen molar-refractivity contribution < 1.29 is 9.53 Å². The molecular formula is C22H28N2O2. The summed E-state index contributed by atoms with van der Waals surface area (Å²) in [6, 6.07) is 18.3. The lowest BCUT2D eigenvalue weighted by molar-refractivity contribution is -0.138. The maximum absolute atomic E-state index is 13.1. The molecule has 0 saturated carbocycles. The van der Waals surface area contributed by atoms with Crippen LogP contribution in [0.15, 0.2) is 54.6 Å². The molecule has 0 aromatic heterocycles. The van der Waals surface area contributed by atoms with Crippen molar-refractivity contribution in [2.75, 3.05) is 19.7 Å². The number of amides is 1. The molecule has 2 aromatic rings. The van der Waals surface area contributed by atoms with Gasteiger partial charge in [0, 0.05) is 30.7 Å². The quantitative estimate of drug-likeness (QED) is 0.841. The van der Waals surface area contributed by atoms with E-state index in [0.29, 0.717) is 19.7 Å². The number of benzene rings is 2. The summed E-state index contributed by atoms with van der Waals surface area (Å²) in [6.45, 7) is 9.41. The summed E-state index contributed by atoms with van der Waals surface area (Å²) < 4.78 is 5.82. The second-order valence-electron chi connectivity index (χ2n) is 7.80. The first-order valence-electron chi connectivity index (χ1n) is 9.21. The van der Waals surface area contributed by atoms with Crippen molar-refractivity contribution in [1.29, 1.82) is 0 Å². The third kappa shape index (κ3) is 4.64. The van der Waals surface area contributed by atoms with Crippen LogP contribution in [0, 0.1) is 0 Å². The van der Waals surface area contributed by atoms with Gasteiger partial charge in [-0.2, -0.15) is 0 Å². The van der Waals surface area contributed by atoms with E-state index in [2.05, 4.69) is 43.9 Å². The Morgan fingerprint density at radius 2 is 1.77 bits per heavy atom. The van der Waals surface area contributed by atoms with Crippen LogP contribution in [0.25, 0.3) is 0 Å². The average Bonchev–Trinajstić information content (AvgIpc) is 2.81. The van der Waals surface area contributed by atoms with Gasteiger partial charge >= 0.3 is 0 Å². The Bertz CT molecular complexity index is 737. The second-order valence-corrected chi connectivity index (χ2v) is 7.80. The summed E-state index contributed by atoms with van der Waals surface area (Å²) in [5.74, 6) is 1.08. The number of carbonyl (C=O) groups is 1. The van der Waals surface area contributed by atoms with Crippen LogP contribution in [0.2, 0.25) is 0 Å². The van der Waals surface area contributed by atoms with Gasteiger partial charge in [0.1, 0.15) is 12.4 Å². The average molecular weight is 352 g/mol. The van der Waals surface area contributed by atoms with E-state index in [1.54, 1.807) is 0 Å². The van der Waals surface area contributed by atoms with Gasteiger partial charge in [0.2, 0.25) is 5.91 Å². The third-order valence-corrected chi connectivity index (χ3v) is 4.68. The fourth-order valence-electron chi connectivity index (χ4n) is 3.26. The maximum atomic E-state index is 13.1. The molecule has 138 valence electrons. The van der Waals surface area contributed by atoms with Crippen LogP contribution in [-0.4, -0.2) is 40.9 Å². The van der Waals surface area contributed by atoms with Gasteiger partial charge in [-0.25, -0.2) is 0 Å². The Labute approximate surface area is 156 Å². The van der Waals surface area contributed by atoms with Gasteiger partial charge in [0.25, 0.3) is 0 Å². The minimum atomic E-state index is -0.229. The number of carbonyl (C=O) groups excluding carboxylic acids is 1. The van der Waals surface area contributed by atoms with Gasteiger partial charge in [-0.15, -0.1) is 0 Å². The van der Waals surface area contributed by atoms with Crippen molar-refractivity contribution in [3.63, 3.8) is 0 Å². The van der Waals surface area contributed by atoms with E-state index in [4.69, 9.17) is 4.74 Å². The number of hydrogen-bond acceptors (Lipinski definition) is 3. The Morgan fingerprint density at radius 1 is 1.08 bits per heavy atom. The molecule has 0 spiro atoms. The highest BCUT2D eigenvalue weighted by Crippen LogP contribution is 2.23. The van der Waals surface area contributed by atoms with Crippen LogP contribution in [0.1, 0.15) is 31.9 Å². The summed E-state index contributed by atoms with van der Waals surface area (Å²) in [5.41, 5.74) is 2.07. The van der Waals surface area contributed by atoms with E-state index in [1.165, 1.54) is 0 Å². The fourth-order valence-corrected chi connectivity index (χ4v) is 3.26. The molecule has 1 amide bonds. The Morgan fingerprint density at radius 3 is 2.50 bits per heavy atom. The van der Waals surface area contributed by atoms with Crippen molar-refractivity contribution in [2.24, 2.45) is 0 Å². The lowest BCUT2D eigenvalue weighted by atomic mass is 10.0. The second kappa shape index (κ2) is 7.92. The highest BCUT2D eigenvalue weighted by molar-refractivity contribution is 5.79. The molecule has 0 N–H and O–H groups in total. The largest absolute Gasteiger partial charge is 0.492 e. The molecule has 4 heteroatoms. The standard InChI is InChI=1S/C22H28N2O2/c1-22(2,3)24(15-18-9-5-4-6-10-18)21(25)17-23-13-14-26-20-12-8-7-11-19(20)16-23/h4-12H,13-17H2,1-3H3. The van der Waals surface area contributed by atoms with Crippen LogP contribution < -0.4 is 4.74 Å². The van der Waals surface area contributed by atoms with E-state index in [9.17, 15) is 4.79 Å².